The summed E-state index contributed by atoms with van der Waals surface area (Å²) in [7, 11) is -3.53. The maximum Gasteiger partial charge on any atom is 0.240 e. The predicted molar refractivity (Wildman–Crippen MR) is 90.3 cm³/mol. The molecule has 5 nitrogen and oxygen atoms in total. The van der Waals surface area contributed by atoms with Gasteiger partial charge in [0.15, 0.2) is 0 Å². The van der Waals surface area contributed by atoms with Crippen molar-refractivity contribution in [2.45, 2.75) is 18.2 Å². The maximum atomic E-state index is 12.2. The molecule has 0 aliphatic heterocycles. The molecule has 1 aromatic carbocycles. The third kappa shape index (κ3) is 3.72. The highest BCUT2D eigenvalue weighted by atomic mass is 35.5. The third-order valence-electron chi connectivity index (χ3n) is 3.46. The maximum absolute atomic E-state index is 12.2. The lowest BCUT2D eigenvalue weighted by Crippen LogP contribution is -2.26. The van der Waals surface area contributed by atoms with E-state index in [0.29, 0.717) is 11.4 Å². The Morgan fingerprint density at radius 3 is 2.70 bits per heavy atom. The Labute approximate surface area is 140 Å². The Kier molecular flexibility index (Phi) is 4.39. The number of nitrogens with one attached hydrogen (secondary N) is 1. The van der Waals surface area contributed by atoms with Gasteiger partial charge in [0.2, 0.25) is 10.0 Å². The van der Waals surface area contributed by atoms with Crippen molar-refractivity contribution in [3.63, 3.8) is 0 Å². The van der Waals surface area contributed by atoms with Crippen LogP contribution < -0.4 is 4.72 Å². The van der Waals surface area contributed by atoms with Crippen molar-refractivity contribution in [3.8, 4) is 0 Å². The molecule has 0 bridgehead atoms. The summed E-state index contributed by atoms with van der Waals surface area (Å²) in [5.41, 5.74) is 2.84. The minimum absolute atomic E-state index is 0.201. The Balaban J connectivity index is 1.66. The lowest BCUT2D eigenvalue weighted by atomic mass is 10.3. The van der Waals surface area contributed by atoms with E-state index in [2.05, 4.69) is 9.71 Å². The van der Waals surface area contributed by atoms with Crippen molar-refractivity contribution >= 4 is 27.3 Å². The van der Waals surface area contributed by atoms with Gasteiger partial charge in [0, 0.05) is 30.4 Å². The van der Waals surface area contributed by atoms with Gasteiger partial charge < -0.3 is 4.40 Å². The normalized spacial score (nSPS) is 11.9. The van der Waals surface area contributed by atoms with Crippen LogP contribution >= 0.6 is 11.6 Å². The number of halogens is 1. The van der Waals surface area contributed by atoms with Crippen LogP contribution in [-0.4, -0.2) is 24.3 Å². The summed E-state index contributed by atoms with van der Waals surface area (Å²) in [5, 5.41) is 0.504. The quantitative estimate of drug-likeness (QED) is 0.770. The van der Waals surface area contributed by atoms with Crippen LogP contribution in [0.2, 0.25) is 5.02 Å². The molecule has 3 aromatic rings. The first kappa shape index (κ1) is 16.0. The van der Waals surface area contributed by atoms with Crippen molar-refractivity contribution in [2.24, 2.45) is 0 Å². The summed E-state index contributed by atoms with van der Waals surface area (Å²) in [4.78, 5) is 4.69. The minimum Gasteiger partial charge on any atom is -0.307 e. The van der Waals surface area contributed by atoms with E-state index in [4.69, 9.17) is 11.6 Å². The topological polar surface area (TPSA) is 63.5 Å². The van der Waals surface area contributed by atoms with Crippen molar-refractivity contribution in [3.05, 3.63) is 65.1 Å². The molecule has 0 radical (unpaired) electrons. The number of nitrogens with zero attached hydrogens (tertiary/aromatic N) is 2. The van der Waals surface area contributed by atoms with Crippen LogP contribution in [0.1, 0.15) is 11.3 Å². The van der Waals surface area contributed by atoms with Crippen LogP contribution in [-0.2, 0) is 16.4 Å². The van der Waals surface area contributed by atoms with Crippen LogP contribution in [0.15, 0.2) is 53.7 Å². The summed E-state index contributed by atoms with van der Waals surface area (Å²) >= 11 is 5.77. The molecule has 0 saturated heterocycles. The van der Waals surface area contributed by atoms with Gasteiger partial charge in [0.1, 0.15) is 5.65 Å². The molecule has 120 valence electrons. The highest BCUT2D eigenvalue weighted by molar-refractivity contribution is 7.89. The molecule has 7 heteroatoms. The van der Waals surface area contributed by atoms with Crippen molar-refractivity contribution in [2.75, 3.05) is 6.54 Å². The van der Waals surface area contributed by atoms with Crippen LogP contribution in [0.5, 0.6) is 0 Å². The largest absolute Gasteiger partial charge is 0.307 e. The molecule has 0 aliphatic carbocycles. The van der Waals surface area contributed by atoms with Gasteiger partial charge in [-0.2, -0.15) is 0 Å². The second-order valence-corrected chi connectivity index (χ2v) is 7.51. The van der Waals surface area contributed by atoms with Gasteiger partial charge >= 0.3 is 0 Å². The van der Waals surface area contributed by atoms with Gasteiger partial charge in [0.05, 0.1) is 10.6 Å². The molecule has 3 rings (SSSR count). The highest BCUT2D eigenvalue weighted by Gasteiger charge is 2.13. The molecule has 0 atom stereocenters. The zero-order valence-electron chi connectivity index (χ0n) is 12.5. The molecule has 0 saturated carbocycles. The number of aromatic nitrogens is 2. The van der Waals surface area contributed by atoms with Gasteiger partial charge in [-0.1, -0.05) is 11.6 Å². The van der Waals surface area contributed by atoms with Crippen LogP contribution in [0.3, 0.4) is 0 Å². The number of imidazole rings is 1. The van der Waals surface area contributed by atoms with E-state index in [0.717, 1.165) is 16.9 Å². The average molecular weight is 350 g/mol. The lowest BCUT2D eigenvalue weighted by Gasteiger charge is -2.05. The molecule has 1 N–H and O–H groups in total. The molecule has 0 spiro atoms. The lowest BCUT2D eigenvalue weighted by molar-refractivity contribution is 0.581. The van der Waals surface area contributed by atoms with Gasteiger partial charge in [-0.25, -0.2) is 18.1 Å². The van der Waals surface area contributed by atoms with E-state index in [1.807, 2.05) is 35.9 Å². The van der Waals surface area contributed by atoms with Gasteiger partial charge in [0.25, 0.3) is 0 Å². The molecular formula is C16H16ClN3O2S. The zero-order chi connectivity index (χ0) is 16.4. The number of hydrogen-bond acceptors (Lipinski definition) is 3. The Morgan fingerprint density at radius 1 is 1.22 bits per heavy atom. The molecule has 2 aromatic heterocycles. The second kappa shape index (κ2) is 6.31. The molecule has 0 amide bonds. The van der Waals surface area contributed by atoms with Gasteiger partial charge in [-0.3, -0.25) is 0 Å². The number of rotatable bonds is 5. The summed E-state index contributed by atoms with van der Waals surface area (Å²) in [6.45, 7) is 2.29. The number of sulfonamides is 1. The molecule has 0 unspecified atom stereocenters. The minimum atomic E-state index is -3.53. The number of fused-ring (bicyclic) bond motifs is 1. The standard InChI is InChI=1S/C16H16ClN3O2S/c1-12-7-9-20-11-14(19-16(20)10-12)6-8-18-23(21,22)15-4-2-13(17)3-5-15/h2-5,7,9-11,18H,6,8H2,1H3. The summed E-state index contributed by atoms with van der Waals surface area (Å²) in [6.07, 6.45) is 4.37. The first-order valence-corrected chi connectivity index (χ1v) is 9.00. The fourth-order valence-corrected chi connectivity index (χ4v) is 3.43. The predicted octanol–water partition coefficient (Wildman–Crippen LogP) is 2.82. The number of pyridine rings is 1. The molecule has 0 aliphatic rings. The van der Waals surface area contributed by atoms with E-state index in [-0.39, 0.29) is 11.4 Å². The summed E-state index contributed by atoms with van der Waals surface area (Å²) < 4.78 is 28.8. The molecule has 0 fully saturated rings. The van der Waals surface area contributed by atoms with Crippen molar-refractivity contribution in [1.82, 2.24) is 14.1 Å². The smallest absolute Gasteiger partial charge is 0.240 e. The number of benzene rings is 1. The Hall–Kier alpha value is -1.89. The van der Waals surface area contributed by atoms with E-state index < -0.39 is 10.0 Å². The molecule has 2 heterocycles. The first-order chi connectivity index (χ1) is 10.9. The van der Waals surface area contributed by atoms with E-state index in [1.165, 1.54) is 12.1 Å². The SMILES string of the molecule is Cc1ccn2cc(CCNS(=O)(=O)c3ccc(Cl)cc3)nc2c1. The van der Waals surface area contributed by atoms with E-state index >= 15 is 0 Å². The van der Waals surface area contributed by atoms with Crippen LogP contribution in [0.25, 0.3) is 5.65 Å². The first-order valence-electron chi connectivity index (χ1n) is 7.13. The fraction of sp³-hybridized carbons (Fsp3) is 0.188. The van der Waals surface area contributed by atoms with E-state index in [9.17, 15) is 8.42 Å². The van der Waals surface area contributed by atoms with E-state index in [1.54, 1.807) is 12.1 Å². The van der Waals surface area contributed by atoms with Crippen molar-refractivity contribution < 1.29 is 8.42 Å². The van der Waals surface area contributed by atoms with Crippen molar-refractivity contribution in [1.29, 1.82) is 0 Å². The third-order valence-corrected chi connectivity index (χ3v) is 5.19. The molecular weight excluding hydrogens is 334 g/mol. The Morgan fingerprint density at radius 2 is 1.96 bits per heavy atom. The number of aryl methyl sites for hydroxylation is 1. The highest BCUT2D eigenvalue weighted by Crippen LogP contribution is 2.14. The fourth-order valence-electron chi connectivity index (χ4n) is 2.27. The van der Waals surface area contributed by atoms with Crippen LogP contribution in [0.4, 0.5) is 0 Å². The van der Waals surface area contributed by atoms with Gasteiger partial charge in [-0.05, 0) is 48.9 Å². The summed E-state index contributed by atoms with van der Waals surface area (Å²) in [6, 6.07) is 10.1. The van der Waals surface area contributed by atoms with Gasteiger partial charge in [-0.15, -0.1) is 0 Å². The molecule has 23 heavy (non-hydrogen) atoms. The van der Waals surface area contributed by atoms with Crippen LogP contribution in [0, 0.1) is 6.92 Å². The Bertz CT molecular complexity index is 934. The monoisotopic (exact) mass is 349 g/mol. The second-order valence-electron chi connectivity index (χ2n) is 5.30. The summed E-state index contributed by atoms with van der Waals surface area (Å²) in [5.74, 6) is 0. The number of hydrogen-bond donors (Lipinski definition) is 1. The zero-order valence-corrected chi connectivity index (χ0v) is 14.1. The average Bonchev–Trinajstić information content (AvgIpc) is 2.89.